The number of hydrogen-bond acceptors (Lipinski definition) is 9. The highest BCUT2D eigenvalue weighted by Gasteiger charge is 2.34. The Morgan fingerprint density at radius 2 is 1.56 bits per heavy atom. The van der Waals surface area contributed by atoms with E-state index in [0.29, 0.717) is 33.8 Å². The Balaban J connectivity index is 2.26. The molecule has 0 aromatic heterocycles. The third-order valence-corrected chi connectivity index (χ3v) is 6.89. The van der Waals surface area contributed by atoms with Gasteiger partial charge in [-0.2, -0.15) is 5.01 Å². The smallest absolute Gasteiger partial charge is 0.260 e. The summed E-state index contributed by atoms with van der Waals surface area (Å²) in [7, 11) is 5.85. The van der Waals surface area contributed by atoms with Gasteiger partial charge in [0.1, 0.15) is 15.9 Å². The molecule has 0 fully saturated rings. The van der Waals surface area contributed by atoms with Crippen LogP contribution in [0.15, 0.2) is 36.4 Å². The van der Waals surface area contributed by atoms with E-state index in [1.807, 2.05) is 0 Å². The molecule has 0 radical (unpaired) electrons. The first-order valence-corrected chi connectivity index (χ1v) is 12.5. The van der Waals surface area contributed by atoms with Crippen LogP contribution in [0.1, 0.15) is 36.1 Å². The predicted octanol–water partition coefficient (Wildman–Crippen LogP) is 1.56. The quantitative estimate of drug-likeness (QED) is 0.240. The summed E-state index contributed by atoms with van der Waals surface area (Å²) in [6.07, 6.45) is 0. The van der Waals surface area contributed by atoms with Gasteiger partial charge in [0.2, 0.25) is 5.91 Å². The van der Waals surface area contributed by atoms with Crippen LogP contribution in [0.25, 0.3) is 0 Å². The van der Waals surface area contributed by atoms with Crippen LogP contribution in [0, 0.1) is 5.92 Å². The summed E-state index contributed by atoms with van der Waals surface area (Å²) < 4.78 is 10.7. The molecule has 2 aromatic carbocycles. The fourth-order valence-electron chi connectivity index (χ4n) is 3.79. The number of aliphatic hydroxyl groups excluding tert-OH is 2. The molecule has 0 bridgehead atoms. The van der Waals surface area contributed by atoms with Gasteiger partial charge < -0.3 is 19.7 Å². The number of benzene rings is 2. The molecule has 0 aliphatic heterocycles. The molecule has 0 saturated heterocycles. The maximum atomic E-state index is 13.4. The van der Waals surface area contributed by atoms with Crippen molar-refractivity contribution >= 4 is 52.1 Å². The van der Waals surface area contributed by atoms with Gasteiger partial charge in [0.25, 0.3) is 11.8 Å². The van der Waals surface area contributed by atoms with E-state index in [4.69, 9.17) is 33.9 Å². The minimum Gasteiger partial charge on any atom is -0.493 e. The SMILES string of the molecule is COc1cccc(C(=S)N(C)NC(=O)C(C)C(=O)N(C(C)=O)N(C)C(=S)c2cccc(CO)c2CO)c1OC. The minimum atomic E-state index is -1.32. The van der Waals surface area contributed by atoms with E-state index in [1.54, 1.807) is 36.4 Å². The standard InChI is InChI=1S/C26H32N4O7S2/c1-15(23(34)27-28(3)25(38)19-11-8-12-21(36-5)22(19)37-6)24(35)30(16(2)33)29(4)26(39)18-10-7-9-17(13-31)20(18)14-32/h7-12,15,31-32H,13-14H2,1-6H3,(H,27,34). The van der Waals surface area contributed by atoms with Crippen molar-refractivity contribution in [1.29, 1.82) is 0 Å². The lowest BCUT2D eigenvalue weighted by molar-refractivity contribution is -0.159. The number of nitrogens with one attached hydrogen (secondary N) is 1. The number of amides is 3. The summed E-state index contributed by atoms with van der Waals surface area (Å²) in [4.78, 5) is 39.2. The topological polar surface area (TPSA) is 132 Å². The molecule has 39 heavy (non-hydrogen) atoms. The van der Waals surface area contributed by atoms with Gasteiger partial charge in [-0.3, -0.25) is 29.8 Å². The number of aliphatic hydroxyl groups is 2. The molecule has 11 nitrogen and oxygen atoms in total. The minimum absolute atomic E-state index is 0.0360. The summed E-state index contributed by atoms with van der Waals surface area (Å²) in [6.45, 7) is 1.75. The Bertz CT molecular complexity index is 1270. The lowest BCUT2D eigenvalue weighted by Gasteiger charge is -2.33. The molecule has 0 heterocycles. The Hall–Kier alpha value is -3.65. The number of imide groups is 1. The Kier molecular flexibility index (Phi) is 11.3. The zero-order valence-electron chi connectivity index (χ0n) is 22.5. The molecule has 2 aromatic rings. The van der Waals surface area contributed by atoms with Crippen molar-refractivity contribution in [1.82, 2.24) is 20.5 Å². The molecule has 0 aliphatic rings. The van der Waals surface area contributed by atoms with E-state index in [1.165, 1.54) is 40.2 Å². The molecule has 0 spiro atoms. The molecule has 210 valence electrons. The average molecular weight is 577 g/mol. The molecule has 3 N–H and O–H groups in total. The largest absolute Gasteiger partial charge is 0.493 e. The van der Waals surface area contributed by atoms with Crippen LogP contribution in [0.4, 0.5) is 0 Å². The van der Waals surface area contributed by atoms with Crippen molar-refractivity contribution in [2.24, 2.45) is 5.92 Å². The zero-order valence-corrected chi connectivity index (χ0v) is 24.2. The summed E-state index contributed by atoms with van der Waals surface area (Å²) >= 11 is 11.0. The number of para-hydroxylation sites is 1. The van der Waals surface area contributed by atoms with Gasteiger partial charge in [-0.15, -0.1) is 0 Å². The maximum Gasteiger partial charge on any atom is 0.260 e. The molecular formula is C26H32N4O7S2. The highest BCUT2D eigenvalue weighted by atomic mass is 32.1. The van der Waals surface area contributed by atoms with Crippen molar-refractivity contribution in [3.05, 3.63) is 58.7 Å². The van der Waals surface area contributed by atoms with Crippen molar-refractivity contribution in [2.75, 3.05) is 28.3 Å². The molecule has 0 saturated carbocycles. The Morgan fingerprint density at radius 1 is 0.949 bits per heavy atom. The van der Waals surface area contributed by atoms with Gasteiger partial charge in [0.15, 0.2) is 11.5 Å². The summed E-state index contributed by atoms with van der Waals surface area (Å²) in [5.41, 5.74) is 4.21. The van der Waals surface area contributed by atoms with Crippen molar-refractivity contribution < 1.29 is 34.1 Å². The zero-order chi connectivity index (χ0) is 29.4. The third kappa shape index (κ3) is 6.87. The normalized spacial score (nSPS) is 11.2. The number of rotatable bonds is 8. The Labute approximate surface area is 237 Å². The second-order valence-corrected chi connectivity index (χ2v) is 9.13. The first-order valence-electron chi connectivity index (χ1n) is 11.7. The first-order chi connectivity index (χ1) is 18.4. The number of hydrazine groups is 2. The van der Waals surface area contributed by atoms with Gasteiger partial charge in [-0.25, -0.2) is 0 Å². The van der Waals surface area contributed by atoms with E-state index >= 15 is 0 Å². The van der Waals surface area contributed by atoms with Gasteiger partial charge in [0.05, 0.1) is 33.0 Å². The van der Waals surface area contributed by atoms with Crippen LogP contribution in [-0.4, -0.2) is 81.3 Å². The maximum absolute atomic E-state index is 13.4. The number of methoxy groups -OCH3 is 2. The fraction of sp³-hybridized carbons (Fsp3) is 0.346. The van der Waals surface area contributed by atoms with Gasteiger partial charge in [0, 0.05) is 26.6 Å². The number of nitrogens with zero attached hydrogens (tertiary/aromatic N) is 3. The van der Waals surface area contributed by atoms with Crippen LogP contribution < -0.4 is 14.9 Å². The van der Waals surface area contributed by atoms with Gasteiger partial charge in [-0.05, 0) is 30.2 Å². The second kappa shape index (κ2) is 13.9. The van der Waals surface area contributed by atoms with Crippen molar-refractivity contribution in [2.45, 2.75) is 27.1 Å². The molecular weight excluding hydrogens is 544 g/mol. The highest BCUT2D eigenvalue weighted by Crippen LogP contribution is 2.31. The average Bonchev–Trinajstić information content (AvgIpc) is 2.94. The van der Waals surface area contributed by atoms with E-state index in [9.17, 15) is 24.6 Å². The molecule has 13 heteroatoms. The second-order valence-electron chi connectivity index (χ2n) is 8.36. The van der Waals surface area contributed by atoms with Gasteiger partial charge >= 0.3 is 0 Å². The van der Waals surface area contributed by atoms with E-state index in [0.717, 1.165) is 16.9 Å². The summed E-state index contributed by atoms with van der Waals surface area (Å²) in [6, 6.07) is 9.97. The fourth-order valence-corrected chi connectivity index (χ4v) is 4.27. The van der Waals surface area contributed by atoms with Crippen molar-refractivity contribution in [3.63, 3.8) is 0 Å². The van der Waals surface area contributed by atoms with Crippen LogP contribution in [0.3, 0.4) is 0 Å². The first kappa shape index (κ1) is 31.6. The molecule has 0 aliphatic carbocycles. The lowest BCUT2D eigenvalue weighted by atomic mass is 10.0. The van der Waals surface area contributed by atoms with E-state index in [-0.39, 0.29) is 16.6 Å². The van der Waals surface area contributed by atoms with Crippen LogP contribution in [-0.2, 0) is 27.6 Å². The van der Waals surface area contributed by atoms with Crippen molar-refractivity contribution in [3.8, 4) is 11.5 Å². The third-order valence-electron chi connectivity index (χ3n) is 5.91. The lowest BCUT2D eigenvalue weighted by Crippen LogP contribution is -2.55. The predicted molar refractivity (Wildman–Crippen MR) is 152 cm³/mol. The number of ether oxygens (including phenoxy) is 2. The number of carbonyl (C=O) groups is 3. The molecule has 1 unspecified atom stereocenters. The molecule has 3 amide bonds. The monoisotopic (exact) mass is 576 g/mol. The summed E-state index contributed by atoms with van der Waals surface area (Å²) in [5.74, 6) is -2.75. The van der Waals surface area contributed by atoms with E-state index < -0.39 is 30.2 Å². The Morgan fingerprint density at radius 3 is 2.10 bits per heavy atom. The van der Waals surface area contributed by atoms with Gasteiger partial charge in [-0.1, -0.05) is 48.7 Å². The highest BCUT2D eigenvalue weighted by molar-refractivity contribution is 7.81. The van der Waals surface area contributed by atoms with Crippen LogP contribution in [0.5, 0.6) is 11.5 Å². The van der Waals surface area contributed by atoms with E-state index in [2.05, 4.69) is 5.43 Å². The number of carbonyl (C=O) groups excluding carboxylic acids is 3. The van der Waals surface area contributed by atoms with Crippen LogP contribution >= 0.6 is 24.4 Å². The number of hydrogen-bond donors (Lipinski definition) is 3. The number of thiocarbonyl (C=S) groups is 2. The summed E-state index contributed by atoms with van der Waals surface area (Å²) in [5, 5.41) is 22.6. The molecule has 1 atom stereocenters. The van der Waals surface area contributed by atoms with Crippen LogP contribution in [0.2, 0.25) is 0 Å². The molecule has 2 rings (SSSR count).